The van der Waals surface area contributed by atoms with E-state index in [1.54, 1.807) is 19.2 Å². The normalized spacial score (nSPS) is 13.9. The van der Waals surface area contributed by atoms with E-state index in [9.17, 15) is 4.79 Å². The van der Waals surface area contributed by atoms with Crippen molar-refractivity contribution in [1.29, 1.82) is 0 Å². The van der Waals surface area contributed by atoms with Gasteiger partial charge in [-0.25, -0.2) is 0 Å². The number of carbonyl (C=O) groups is 1. The van der Waals surface area contributed by atoms with Gasteiger partial charge in [0.1, 0.15) is 11.5 Å². The number of hydrazone groups is 1. The van der Waals surface area contributed by atoms with Crippen LogP contribution in [0.4, 0.5) is 11.4 Å². The van der Waals surface area contributed by atoms with E-state index >= 15 is 0 Å². The number of hydrogen-bond donors (Lipinski definition) is 3. The van der Waals surface area contributed by atoms with Crippen LogP contribution >= 0.6 is 12.2 Å². The molecule has 0 saturated heterocycles. The van der Waals surface area contributed by atoms with Crippen LogP contribution < -0.4 is 20.8 Å². The van der Waals surface area contributed by atoms with Gasteiger partial charge in [0, 0.05) is 35.0 Å². The van der Waals surface area contributed by atoms with Gasteiger partial charge in [0.25, 0.3) is 5.91 Å². The van der Waals surface area contributed by atoms with Gasteiger partial charge in [-0.05, 0) is 56.2 Å². The highest BCUT2D eigenvalue weighted by Gasteiger charge is 2.28. The summed E-state index contributed by atoms with van der Waals surface area (Å²) in [6.07, 6.45) is 2.41. The fourth-order valence-electron chi connectivity index (χ4n) is 3.68. The van der Waals surface area contributed by atoms with Gasteiger partial charge in [0.2, 0.25) is 0 Å². The maximum atomic E-state index is 12.9. The van der Waals surface area contributed by atoms with Crippen LogP contribution in [0.1, 0.15) is 40.3 Å². The van der Waals surface area contributed by atoms with Crippen molar-refractivity contribution in [2.75, 3.05) is 17.7 Å². The minimum Gasteiger partial charge on any atom is -0.497 e. The number of furan rings is 1. The van der Waals surface area contributed by atoms with Crippen LogP contribution in [0.25, 0.3) is 0 Å². The van der Waals surface area contributed by atoms with Crippen molar-refractivity contribution in [2.45, 2.75) is 26.2 Å². The molecule has 1 aliphatic rings. The largest absolute Gasteiger partial charge is 0.497 e. The summed E-state index contributed by atoms with van der Waals surface area (Å²) in [4.78, 5) is 12.9. The molecule has 1 amide bonds. The lowest BCUT2D eigenvalue weighted by molar-refractivity contribution is 0.0994. The summed E-state index contributed by atoms with van der Waals surface area (Å²) in [6.45, 7) is 1.88. The topological polar surface area (TPSA) is 87.9 Å². The van der Waals surface area contributed by atoms with E-state index < -0.39 is 0 Å². The maximum absolute atomic E-state index is 12.9. The van der Waals surface area contributed by atoms with Gasteiger partial charge in [-0.2, -0.15) is 5.10 Å². The molecule has 0 fully saturated rings. The summed E-state index contributed by atoms with van der Waals surface area (Å²) in [6, 6.07) is 16.8. The molecule has 1 aliphatic carbocycles. The number of ether oxygens (including phenoxy) is 1. The number of rotatable bonds is 5. The van der Waals surface area contributed by atoms with E-state index in [1.807, 2.05) is 49.4 Å². The van der Waals surface area contributed by atoms with Crippen molar-refractivity contribution in [3.05, 3.63) is 77.2 Å². The molecule has 3 N–H and O–H groups in total. The van der Waals surface area contributed by atoms with Gasteiger partial charge >= 0.3 is 0 Å². The van der Waals surface area contributed by atoms with Crippen LogP contribution in [0.2, 0.25) is 0 Å². The number of anilines is 2. The van der Waals surface area contributed by atoms with Gasteiger partial charge in [-0.1, -0.05) is 24.3 Å². The molecule has 0 bridgehead atoms. The average molecular weight is 449 g/mol. The van der Waals surface area contributed by atoms with Gasteiger partial charge < -0.3 is 19.8 Å². The predicted octanol–water partition coefficient (Wildman–Crippen LogP) is 4.88. The van der Waals surface area contributed by atoms with Gasteiger partial charge in [-0.15, -0.1) is 0 Å². The number of thiocarbonyl (C=S) groups is 1. The first kappa shape index (κ1) is 21.6. The first-order valence-corrected chi connectivity index (χ1v) is 10.7. The molecule has 0 radical (unpaired) electrons. The zero-order valence-corrected chi connectivity index (χ0v) is 18.7. The number of hydrogen-bond acceptors (Lipinski definition) is 5. The highest BCUT2D eigenvalue weighted by atomic mass is 32.1. The van der Waals surface area contributed by atoms with Crippen LogP contribution in [0, 0.1) is 6.92 Å². The number of nitrogens with zero attached hydrogens (tertiary/aromatic N) is 1. The molecule has 3 aromatic rings. The van der Waals surface area contributed by atoms with Crippen molar-refractivity contribution in [3.8, 4) is 5.75 Å². The van der Waals surface area contributed by atoms with Crippen LogP contribution in [0.3, 0.4) is 0 Å². The molecule has 8 heteroatoms. The lowest BCUT2D eigenvalue weighted by Crippen LogP contribution is -2.26. The SMILES string of the molecule is COc1cccc(NC(=O)c2oc3c(c2C)/C(=N/NC(=S)Nc2ccccc2)CCC3)c1. The van der Waals surface area contributed by atoms with Gasteiger partial charge in [0.15, 0.2) is 10.9 Å². The molecule has 164 valence electrons. The number of amides is 1. The van der Waals surface area contributed by atoms with Crippen LogP contribution in [0.5, 0.6) is 5.75 Å². The number of para-hydroxylation sites is 1. The molecule has 2 aromatic carbocycles. The zero-order valence-electron chi connectivity index (χ0n) is 17.9. The first-order chi connectivity index (χ1) is 15.5. The molecule has 0 spiro atoms. The fraction of sp³-hybridized carbons (Fsp3) is 0.208. The van der Waals surface area contributed by atoms with Gasteiger partial charge in [-0.3, -0.25) is 10.2 Å². The molecule has 1 aromatic heterocycles. The third-order valence-electron chi connectivity index (χ3n) is 5.18. The molecule has 4 rings (SSSR count). The van der Waals surface area contributed by atoms with E-state index in [-0.39, 0.29) is 11.7 Å². The minimum absolute atomic E-state index is 0.289. The van der Waals surface area contributed by atoms with Crippen LogP contribution in [0.15, 0.2) is 64.1 Å². The Morgan fingerprint density at radius 3 is 2.62 bits per heavy atom. The second-order valence-corrected chi connectivity index (χ2v) is 7.79. The van der Waals surface area contributed by atoms with Crippen LogP contribution in [-0.4, -0.2) is 23.8 Å². The number of carbonyl (C=O) groups excluding carboxylic acids is 1. The molecule has 0 atom stereocenters. The highest BCUT2D eigenvalue weighted by molar-refractivity contribution is 7.80. The van der Waals surface area contributed by atoms with Crippen molar-refractivity contribution in [2.24, 2.45) is 5.10 Å². The Labute approximate surface area is 191 Å². The Morgan fingerprint density at radius 2 is 1.84 bits per heavy atom. The Balaban J connectivity index is 1.51. The maximum Gasteiger partial charge on any atom is 0.291 e. The summed E-state index contributed by atoms with van der Waals surface area (Å²) in [5.74, 6) is 1.42. The standard InChI is InChI=1S/C24H24N4O3S/c1-15-21-19(27-28-24(32)26-16-8-4-3-5-9-16)12-7-13-20(21)31-22(15)23(29)25-17-10-6-11-18(14-17)30-2/h3-6,8-11,14H,7,12-13H2,1-2H3,(H,25,29)(H2,26,28,32)/b27-19+. The van der Waals surface area contributed by atoms with E-state index in [0.29, 0.717) is 16.5 Å². The highest BCUT2D eigenvalue weighted by Crippen LogP contribution is 2.30. The molecule has 0 aliphatic heterocycles. The van der Waals surface area contributed by atoms with E-state index in [1.165, 1.54) is 0 Å². The van der Waals surface area contributed by atoms with Crippen molar-refractivity contribution in [1.82, 2.24) is 5.43 Å². The van der Waals surface area contributed by atoms with Crippen molar-refractivity contribution < 1.29 is 13.9 Å². The molecule has 7 nitrogen and oxygen atoms in total. The lowest BCUT2D eigenvalue weighted by atomic mass is 9.93. The first-order valence-electron chi connectivity index (χ1n) is 10.3. The molecule has 0 unspecified atom stereocenters. The van der Waals surface area contributed by atoms with Crippen LogP contribution in [-0.2, 0) is 6.42 Å². The zero-order chi connectivity index (χ0) is 22.5. The number of nitrogens with one attached hydrogen (secondary N) is 3. The van der Waals surface area contributed by atoms with Gasteiger partial charge in [0.05, 0.1) is 12.8 Å². The number of benzene rings is 2. The van der Waals surface area contributed by atoms with E-state index in [2.05, 4.69) is 21.2 Å². The monoisotopic (exact) mass is 448 g/mol. The Morgan fingerprint density at radius 1 is 1.06 bits per heavy atom. The van der Waals surface area contributed by atoms with Crippen molar-refractivity contribution in [3.63, 3.8) is 0 Å². The summed E-state index contributed by atoms with van der Waals surface area (Å²) < 4.78 is 11.2. The number of methoxy groups -OCH3 is 1. The smallest absolute Gasteiger partial charge is 0.291 e. The Bertz CT molecular complexity index is 1170. The predicted molar refractivity (Wildman–Crippen MR) is 130 cm³/mol. The third-order valence-corrected chi connectivity index (χ3v) is 5.38. The van der Waals surface area contributed by atoms with Crippen molar-refractivity contribution >= 4 is 40.3 Å². The molecule has 32 heavy (non-hydrogen) atoms. The Kier molecular flexibility index (Phi) is 6.51. The number of fused-ring (bicyclic) bond motifs is 1. The quantitative estimate of drug-likeness (QED) is 0.381. The van der Waals surface area contributed by atoms with E-state index in [0.717, 1.165) is 47.5 Å². The Hall–Kier alpha value is -3.65. The molecular formula is C24H24N4O3S. The minimum atomic E-state index is -0.307. The molecule has 0 saturated carbocycles. The molecular weight excluding hydrogens is 424 g/mol. The second-order valence-electron chi connectivity index (χ2n) is 7.38. The summed E-state index contributed by atoms with van der Waals surface area (Å²) in [5, 5.41) is 10.9. The second kappa shape index (κ2) is 9.65. The number of aryl methyl sites for hydroxylation is 1. The third kappa shape index (κ3) is 4.81. The summed E-state index contributed by atoms with van der Waals surface area (Å²) in [7, 11) is 1.58. The summed E-state index contributed by atoms with van der Waals surface area (Å²) >= 11 is 5.35. The average Bonchev–Trinajstić information content (AvgIpc) is 3.16. The summed E-state index contributed by atoms with van der Waals surface area (Å²) in [5.41, 5.74) is 6.89. The fourth-order valence-corrected chi connectivity index (χ4v) is 3.85. The lowest BCUT2D eigenvalue weighted by Gasteiger charge is -2.14. The molecule has 1 heterocycles. The van der Waals surface area contributed by atoms with E-state index in [4.69, 9.17) is 21.4 Å².